The molecule has 0 saturated heterocycles. The number of aliphatic hydroxyl groups excluding tert-OH is 1. The van der Waals surface area contributed by atoms with Crippen LogP contribution in [0.2, 0.25) is 0 Å². The maximum atomic E-state index is 12.5. The largest absolute Gasteiger partial charge is 0.394 e. The number of hydrogen-bond acceptors (Lipinski definition) is 4. The van der Waals surface area contributed by atoms with Gasteiger partial charge in [0, 0.05) is 18.8 Å². The fraction of sp³-hybridized carbons (Fsp3) is 0.750. The van der Waals surface area contributed by atoms with Crippen LogP contribution >= 0.6 is 0 Å². The van der Waals surface area contributed by atoms with Crippen molar-refractivity contribution in [3.8, 4) is 0 Å². The van der Waals surface area contributed by atoms with Crippen LogP contribution < -0.4 is 0 Å². The van der Waals surface area contributed by atoms with Gasteiger partial charge in [-0.1, -0.05) is 13.8 Å². The average Bonchev–Trinajstić information content (AvgIpc) is 2.75. The summed E-state index contributed by atoms with van der Waals surface area (Å²) in [5.74, 6) is 0.254. The molecule has 0 fully saturated rings. The molecule has 1 rings (SSSR count). The van der Waals surface area contributed by atoms with Crippen molar-refractivity contribution in [1.29, 1.82) is 0 Å². The second-order valence-electron chi connectivity index (χ2n) is 5.23. The summed E-state index contributed by atoms with van der Waals surface area (Å²) in [5, 5.41) is 12.8. The van der Waals surface area contributed by atoms with Crippen LogP contribution in [0.25, 0.3) is 0 Å². The van der Waals surface area contributed by atoms with Crippen molar-refractivity contribution in [3.05, 3.63) is 12.4 Å². The van der Waals surface area contributed by atoms with E-state index in [2.05, 4.69) is 5.10 Å². The van der Waals surface area contributed by atoms with Gasteiger partial charge in [0.15, 0.2) is 0 Å². The number of rotatable bonds is 7. The third-order valence-corrected chi connectivity index (χ3v) is 4.66. The highest BCUT2D eigenvalue weighted by molar-refractivity contribution is 7.89. The number of hydrogen-bond donors (Lipinski definition) is 1. The van der Waals surface area contributed by atoms with Gasteiger partial charge in [-0.15, -0.1) is 0 Å². The Bertz CT molecular complexity index is 494. The first-order valence-electron chi connectivity index (χ1n) is 6.44. The van der Waals surface area contributed by atoms with E-state index in [1.165, 1.54) is 21.4 Å². The van der Waals surface area contributed by atoms with Crippen LogP contribution in [0.5, 0.6) is 0 Å². The molecule has 0 aliphatic rings. The minimum Gasteiger partial charge on any atom is -0.394 e. The van der Waals surface area contributed by atoms with E-state index in [1.54, 1.807) is 0 Å². The Morgan fingerprint density at radius 3 is 2.47 bits per heavy atom. The van der Waals surface area contributed by atoms with Crippen molar-refractivity contribution < 1.29 is 13.5 Å². The molecular weight excluding hydrogens is 266 g/mol. The molecule has 0 atom stereocenters. The molecule has 1 N–H and O–H groups in total. The molecule has 19 heavy (non-hydrogen) atoms. The van der Waals surface area contributed by atoms with E-state index >= 15 is 0 Å². The molecule has 0 radical (unpaired) electrons. The van der Waals surface area contributed by atoms with E-state index in [1.807, 2.05) is 27.7 Å². The maximum absolute atomic E-state index is 12.5. The zero-order valence-corrected chi connectivity index (χ0v) is 12.8. The van der Waals surface area contributed by atoms with Gasteiger partial charge in [-0.3, -0.25) is 4.68 Å². The summed E-state index contributed by atoms with van der Waals surface area (Å²) in [6.07, 6.45) is 2.79. The summed E-state index contributed by atoms with van der Waals surface area (Å²) in [6.45, 7) is 8.39. The average molecular weight is 289 g/mol. The quantitative estimate of drug-likeness (QED) is 0.810. The lowest BCUT2D eigenvalue weighted by Gasteiger charge is -2.26. The molecule has 0 aliphatic heterocycles. The monoisotopic (exact) mass is 289 g/mol. The van der Waals surface area contributed by atoms with E-state index in [0.717, 1.165) is 0 Å². The van der Waals surface area contributed by atoms with Crippen LogP contribution in [0, 0.1) is 5.92 Å². The molecule has 0 unspecified atom stereocenters. The van der Waals surface area contributed by atoms with Crippen molar-refractivity contribution in [2.24, 2.45) is 5.92 Å². The SMILES string of the molecule is CC(C)CN(C(C)C)S(=O)(=O)c1cnn(CCO)c1. The highest BCUT2D eigenvalue weighted by atomic mass is 32.2. The van der Waals surface area contributed by atoms with Gasteiger partial charge in [-0.2, -0.15) is 9.40 Å². The Balaban J connectivity index is 3.04. The fourth-order valence-electron chi connectivity index (χ4n) is 1.78. The number of aliphatic hydroxyl groups is 1. The summed E-state index contributed by atoms with van der Waals surface area (Å²) >= 11 is 0. The van der Waals surface area contributed by atoms with Crippen LogP contribution in [-0.4, -0.2) is 46.8 Å². The molecule has 0 aromatic carbocycles. The standard InChI is InChI=1S/C12H23N3O3S/c1-10(2)8-15(11(3)4)19(17,18)12-7-13-14(9-12)5-6-16/h7,9-11,16H,5-6,8H2,1-4H3. The number of sulfonamides is 1. The molecule has 0 bridgehead atoms. The zero-order valence-electron chi connectivity index (χ0n) is 11.9. The first-order valence-corrected chi connectivity index (χ1v) is 7.88. The van der Waals surface area contributed by atoms with Crippen molar-refractivity contribution in [1.82, 2.24) is 14.1 Å². The zero-order chi connectivity index (χ0) is 14.6. The van der Waals surface area contributed by atoms with Crippen LogP contribution in [0.4, 0.5) is 0 Å². The van der Waals surface area contributed by atoms with Gasteiger partial charge in [0.2, 0.25) is 10.0 Å². The third kappa shape index (κ3) is 4.02. The van der Waals surface area contributed by atoms with E-state index < -0.39 is 10.0 Å². The molecule has 0 aliphatic carbocycles. The Hall–Kier alpha value is -0.920. The predicted molar refractivity (Wildman–Crippen MR) is 73.2 cm³/mol. The smallest absolute Gasteiger partial charge is 0.246 e. The molecule has 6 nitrogen and oxygen atoms in total. The molecule has 0 spiro atoms. The summed E-state index contributed by atoms with van der Waals surface area (Å²) in [6, 6.07) is -0.103. The lowest BCUT2D eigenvalue weighted by molar-refractivity contribution is 0.269. The Morgan fingerprint density at radius 2 is 2.00 bits per heavy atom. The number of nitrogens with zero attached hydrogens (tertiary/aromatic N) is 3. The Morgan fingerprint density at radius 1 is 1.37 bits per heavy atom. The van der Waals surface area contributed by atoms with E-state index in [4.69, 9.17) is 5.11 Å². The Kier molecular flexibility index (Phi) is 5.51. The van der Waals surface area contributed by atoms with Crippen LogP contribution in [-0.2, 0) is 16.6 Å². The normalized spacial score (nSPS) is 12.8. The van der Waals surface area contributed by atoms with Gasteiger partial charge in [0.25, 0.3) is 0 Å². The van der Waals surface area contributed by atoms with E-state index in [9.17, 15) is 8.42 Å². The lowest BCUT2D eigenvalue weighted by Crippen LogP contribution is -2.39. The van der Waals surface area contributed by atoms with Crippen molar-refractivity contribution in [2.75, 3.05) is 13.2 Å². The van der Waals surface area contributed by atoms with Gasteiger partial charge >= 0.3 is 0 Å². The van der Waals surface area contributed by atoms with Crippen LogP contribution in [0.3, 0.4) is 0 Å². The summed E-state index contributed by atoms with van der Waals surface area (Å²) in [7, 11) is -3.52. The van der Waals surface area contributed by atoms with Crippen molar-refractivity contribution in [2.45, 2.75) is 45.2 Å². The fourth-order valence-corrected chi connectivity index (χ4v) is 3.54. The van der Waals surface area contributed by atoms with E-state index in [-0.39, 0.29) is 23.5 Å². The first kappa shape index (κ1) is 16.1. The predicted octanol–water partition coefficient (Wildman–Crippen LogP) is 0.930. The minimum atomic E-state index is -3.52. The molecule has 7 heteroatoms. The second-order valence-corrected chi connectivity index (χ2v) is 7.12. The van der Waals surface area contributed by atoms with Crippen molar-refractivity contribution >= 4 is 10.0 Å². The highest BCUT2D eigenvalue weighted by Gasteiger charge is 2.28. The summed E-state index contributed by atoms with van der Waals surface area (Å²) < 4.78 is 28.0. The van der Waals surface area contributed by atoms with Crippen LogP contribution in [0.1, 0.15) is 27.7 Å². The minimum absolute atomic E-state index is 0.0684. The highest BCUT2D eigenvalue weighted by Crippen LogP contribution is 2.19. The van der Waals surface area contributed by atoms with Gasteiger partial charge < -0.3 is 5.11 Å². The van der Waals surface area contributed by atoms with Crippen LogP contribution in [0.15, 0.2) is 17.3 Å². The van der Waals surface area contributed by atoms with Gasteiger partial charge in [0.1, 0.15) is 4.90 Å². The molecule has 1 heterocycles. The van der Waals surface area contributed by atoms with Gasteiger partial charge in [0.05, 0.1) is 19.3 Å². The van der Waals surface area contributed by atoms with Gasteiger partial charge in [-0.05, 0) is 19.8 Å². The first-order chi connectivity index (χ1) is 8.78. The van der Waals surface area contributed by atoms with E-state index in [0.29, 0.717) is 13.1 Å². The van der Waals surface area contributed by atoms with Crippen molar-refractivity contribution in [3.63, 3.8) is 0 Å². The topological polar surface area (TPSA) is 75.4 Å². The number of aromatic nitrogens is 2. The van der Waals surface area contributed by atoms with Gasteiger partial charge in [-0.25, -0.2) is 8.42 Å². The maximum Gasteiger partial charge on any atom is 0.246 e. The molecule has 0 amide bonds. The summed E-state index contributed by atoms with van der Waals surface area (Å²) in [5.41, 5.74) is 0. The molecular formula is C12H23N3O3S. The third-order valence-electron chi connectivity index (χ3n) is 2.67. The second kappa shape index (κ2) is 6.49. The molecule has 0 saturated carbocycles. The Labute approximate surface area is 115 Å². The molecule has 1 aromatic heterocycles. The molecule has 1 aromatic rings. The molecule has 110 valence electrons. The summed E-state index contributed by atoms with van der Waals surface area (Å²) in [4.78, 5) is 0.176. The lowest BCUT2D eigenvalue weighted by atomic mass is 10.2.